The molecule has 2 aromatic carbocycles. The van der Waals surface area contributed by atoms with E-state index in [0.717, 1.165) is 12.2 Å². The van der Waals surface area contributed by atoms with E-state index in [2.05, 4.69) is 0 Å². The fourth-order valence-corrected chi connectivity index (χ4v) is 2.64. The zero-order valence-corrected chi connectivity index (χ0v) is 14.0. The minimum atomic E-state index is -0.869. The molecule has 2 N–H and O–H groups in total. The Labute approximate surface area is 146 Å². The quantitative estimate of drug-likeness (QED) is 0.906. The SMILES string of the molecule is CCCOc1ccc(C(=O)N2CC(C(N)=O)Oc3ccccc32)cc1. The zero-order chi connectivity index (χ0) is 17.8. The molecule has 25 heavy (non-hydrogen) atoms. The summed E-state index contributed by atoms with van der Waals surface area (Å²) in [4.78, 5) is 26.0. The van der Waals surface area contributed by atoms with Gasteiger partial charge in [-0.3, -0.25) is 9.59 Å². The molecule has 1 atom stereocenters. The average Bonchev–Trinajstić information content (AvgIpc) is 2.65. The number of hydrogen-bond acceptors (Lipinski definition) is 4. The number of hydrogen-bond donors (Lipinski definition) is 1. The van der Waals surface area contributed by atoms with Crippen molar-refractivity contribution in [3.63, 3.8) is 0 Å². The largest absolute Gasteiger partial charge is 0.494 e. The van der Waals surface area contributed by atoms with Gasteiger partial charge in [0.2, 0.25) is 0 Å². The molecule has 130 valence electrons. The van der Waals surface area contributed by atoms with Crippen LogP contribution in [0.4, 0.5) is 5.69 Å². The lowest BCUT2D eigenvalue weighted by Crippen LogP contribution is -2.49. The first-order valence-electron chi connectivity index (χ1n) is 8.20. The Morgan fingerprint density at radius 1 is 1.20 bits per heavy atom. The summed E-state index contributed by atoms with van der Waals surface area (Å²) in [5.74, 6) is 0.365. The summed E-state index contributed by atoms with van der Waals surface area (Å²) in [5.41, 5.74) is 6.50. The maximum absolute atomic E-state index is 12.9. The van der Waals surface area contributed by atoms with E-state index < -0.39 is 12.0 Å². The summed E-state index contributed by atoms with van der Waals surface area (Å²) in [6.07, 6.45) is 0.0470. The van der Waals surface area contributed by atoms with Crippen LogP contribution in [0.25, 0.3) is 0 Å². The number of rotatable bonds is 5. The van der Waals surface area contributed by atoms with Crippen molar-refractivity contribution >= 4 is 17.5 Å². The van der Waals surface area contributed by atoms with Crippen molar-refractivity contribution in [2.24, 2.45) is 5.73 Å². The predicted molar refractivity (Wildman–Crippen MR) is 94.0 cm³/mol. The normalized spacial score (nSPS) is 15.9. The molecular weight excluding hydrogens is 320 g/mol. The molecule has 0 saturated carbocycles. The van der Waals surface area contributed by atoms with Gasteiger partial charge in [-0.15, -0.1) is 0 Å². The molecule has 0 aliphatic carbocycles. The van der Waals surface area contributed by atoms with E-state index >= 15 is 0 Å². The lowest BCUT2D eigenvalue weighted by molar-refractivity contribution is -0.124. The second-order valence-corrected chi connectivity index (χ2v) is 5.77. The van der Waals surface area contributed by atoms with E-state index in [0.29, 0.717) is 23.6 Å². The van der Waals surface area contributed by atoms with Gasteiger partial charge < -0.3 is 20.1 Å². The lowest BCUT2D eigenvalue weighted by atomic mass is 10.1. The summed E-state index contributed by atoms with van der Waals surface area (Å²) in [6.45, 7) is 2.74. The minimum Gasteiger partial charge on any atom is -0.494 e. The van der Waals surface area contributed by atoms with Crippen LogP contribution in [-0.2, 0) is 4.79 Å². The number of para-hydroxylation sites is 2. The third kappa shape index (κ3) is 3.57. The van der Waals surface area contributed by atoms with Crippen LogP contribution < -0.4 is 20.1 Å². The first-order chi connectivity index (χ1) is 12.1. The Bertz CT molecular complexity index is 773. The van der Waals surface area contributed by atoms with Crippen molar-refractivity contribution in [2.45, 2.75) is 19.4 Å². The summed E-state index contributed by atoms with van der Waals surface area (Å²) in [7, 11) is 0. The number of nitrogens with two attached hydrogens (primary N) is 1. The Balaban J connectivity index is 1.86. The van der Waals surface area contributed by atoms with Gasteiger partial charge in [0.05, 0.1) is 18.8 Å². The molecule has 6 nitrogen and oxygen atoms in total. The van der Waals surface area contributed by atoms with Gasteiger partial charge in [-0.2, -0.15) is 0 Å². The van der Waals surface area contributed by atoms with Crippen molar-refractivity contribution in [3.05, 3.63) is 54.1 Å². The van der Waals surface area contributed by atoms with Crippen LogP contribution in [0, 0.1) is 0 Å². The number of nitrogens with zero attached hydrogens (tertiary/aromatic N) is 1. The first-order valence-corrected chi connectivity index (χ1v) is 8.20. The highest BCUT2D eigenvalue weighted by atomic mass is 16.5. The van der Waals surface area contributed by atoms with Crippen molar-refractivity contribution in [3.8, 4) is 11.5 Å². The van der Waals surface area contributed by atoms with Gasteiger partial charge in [0.25, 0.3) is 11.8 Å². The van der Waals surface area contributed by atoms with Gasteiger partial charge in [0.1, 0.15) is 11.5 Å². The number of amides is 2. The maximum Gasteiger partial charge on any atom is 0.260 e. The molecule has 0 aromatic heterocycles. The first kappa shape index (κ1) is 16.8. The molecule has 0 radical (unpaired) electrons. The van der Waals surface area contributed by atoms with E-state index in [1.54, 1.807) is 42.5 Å². The molecule has 0 spiro atoms. The third-order valence-corrected chi connectivity index (χ3v) is 3.91. The summed E-state index contributed by atoms with van der Waals surface area (Å²) in [5, 5.41) is 0. The Kier molecular flexibility index (Phi) is 4.88. The van der Waals surface area contributed by atoms with Crippen molar-refractivity contribution in [1.82, 2.24) is 0 Å². The van der Waals surface area contributed by atoms with Crippen LogP contribution in [-0.4, -0.2) is 31.1 Å². The molecule has 0 fully saturated rings. The standard InChI is InChI=1S/C19H20N2O4/c1-2-11-24-14-9-7-13(8-10-14)19(23)21-12-17(18(20)22)25-16-6-4-3-5-15(16)21/h3-10,17H,2,11-12H2,1H3,(H2,20,22). The van der Waals surface area contributed by atoms with Crippen LogP contribution in [0.3, 0.4) is 0 Å². The zero-order valence-electron chi connectivity index (χ0n) is 14.0. The molecule has 1 aliphatic rings. The highest BCUT2D eigenvalue weighted by Crippen LogP contribution is 2.34. The van der Waals surface area contributed by atoms with Gasteiger partial charge in [-0.05, 0) is 42.8 Å². The van der Waals surface area contributed by atoms with E-state index in [1.807, 2.05) is 13.0 Å². The smallest absolute Gasteiger partial charge is 0.260 e. The average molecular weight is 340 g/mol. The molecule has 1 unspecified atom stereocenters. The van der Waals surface area contributed by atoms with Crippen LogP contribution >= 0.6 is 0 Å². The second kappa shape index (κ2) is 7.25. The molecule has 3 rings (SSSR count). The van der Waals surface area contributed by atoms with Crippen molar-refractivity contribution in [2.75, 3.05) is 18.1 Å². The van der Waals surface area contributed by atoms with Crippen LogP contribution in [0.2, 0.25) is 0 Å². The van der Waals surface area contributed by atoms with E-state index in [-0.39, 0.29) is 12.5 Å². The number of carbonyl (C=O) groups excluding carboxylic acids is 2. The molecule has 2 aromatic rings. The number of fused-ring (bicyclic) bond motifs is 1. The van der Waals surface area contributed by atoms with Crippen LogP contribution in [0.5, 0.6) is 11.5 Å². The molecule has 2 amide bonds. The Hall–Kier alpha value is -3.02. The van der Waals surface area contributed by atoms with Crippen LogP contribution in [0.15, 0.2) is 48.5 Å². The van der Waals surface area contributed by atoms with E-state index in [1.165, 1.54) is 4.90 Å². The number of anilines is 1. The summed E-state index contributed by atoms with van der Waals surface area (Å²) < 4.78 is 11.1. The molecule has 0 bridgehead atoms. The van der Waals surface area contributed by atoms with Crippen molar-refractivity contribution < 1.29 is 19.1 Å². The fraction of sp³-hybridized carbons (Fsp3) is 0.263. The summed E-state index contributed by atoms with van der Waals surface area (Å²) in [6, 6.07) is 14.0. The van der Waals surface area contributed by atoms with Gasteiger partial charge in [0.15, 0.2) is 6.10 Å². The second-order valence-electron chi connectivity index (χ2n) is 5.77. The Morgan fingerprint density at radius 2 is 1.92 bits per heavy atom. The fourth-order valence-electron chi connectivity index (χ4n) is 2.64. The number of benzene rings is 2. The van der Waals surface area contributed by atoms with Crippen molar-refractivity contribution in [1.29, 1.82) is 0 Å². The highest BCUT2D eigenvalue weighted by molar-refractivity contribution is 6.07. The Morgan fingerprint density at radius 3 is 2.60 bits per heavy atom. The van der Waals surface area contributed by atoms with E-state index in [4.69, 9.17) is 15.2 Å². The lowest BCUT2D eigenvalue weighted by Gasteiger charge is -2.33. The molecular formula is C19H20N2O4. The molecule has 1 aliphatic heterocycles. The number of carbonyl (C=O) groups is 2. The molecule has 0 saturated heterocycles. The maximum atomic E-state index is 12.9. The number of ether oxygens (including phenoxy) is 2. The minimum absolute atomic E-state index is 0.0826. The topological polar surface area (TPSA) is 81.9 Å². The van der Waals surface area contributed by atoms with Crippen LogP contribution in [0.1, 0.15) is 23.7 Å². The van der Waals surface area contributed by atoms with E-state index in [9.17, 15) is 9.59 Å². The molecule has 6 heteroatoms. The summed E-state index contributed by atoms with van der Waals surface area (Å²) >= 11 is 0. The third-order valence-electron chi connectivity index (χ3n) is 3.91. The molecule has 1 heterocycles. The van der Waals surface area contributed by atoms with Gasteiger partial charge >= 0.3 is 0 Å². The van der Waals surface area contributed by atoms with Gasteiger partial charge in [-0.1, -0.05) is 19.1 Å². The highest BCUT2D eigenvalue weighted by Gasteiger charge is 2.33. The van der Waals surface area contributed by atoms with Gasteiger partial charge in [-0.25, -0.2) is 0 Å². The monoisotopic (exact) mass is 340 g/mol. The predicted octanol–water partition coefficient (Wildman–Crippen LogP) is 2.37. The number of primary amides is 1. The van der Waals surface area contributed by atoms with Gasteiger partial charge in [0, 0.05) is 5.56 Å².